The van der Waals surface area contributed by atoms with E-state index in [1.54, 1.807) is 24.3 Å². The van der Waals surface area contributed by atoms with Crippen molar-refractivity contribution in [2.45, 2.75) is 45.6 Å². The first-order valence-corrected chi connectivity index (χ1v) is 10.8. The predicted molar refractivity (Wildman–Crippen MR) is 122 cm³/mol. The lowest BCUT2D eigenvalue weighted by atomic mass is 10.0. The van der Waals surface area contributed by atoms with Gasteiger partial charge in [0.2, 0.25) is 5.91 Å². The van der Waals surface area contributed by atoms with Crippen molar-refractivity contribution in [3.63, 3.8) is 0 Å². The molecule has 0 spiro atoms. The van der Waals surface area contributed by atoms with Crippen LogP contribution in [0, 0.1) is 6.92 Å². The second-order valence-electron chi connectivity index (χ2n) is 7.92. The Labute approximate surface area is 183 Å². The van der Waals surface area contributed by atoms with Gasteiger partial charge in [0.05, 0.1) is 0 Å². The third-order valence-corrected chi connectivity index (χ3v) is 5.48. The summed E-state index contributed by atoms with van der Waals surface area (Å²) in [4.78, 5) is 38.9. The van der Waals surface area contributed by atoms with E-state index in [2.05, 4.69) is 22.9 Å². The van der Waals surface area contributed by atoms with Gasteiger partial charge in [0.25, 0.3) is 5.91 Å². The van der Waals surface area contributed by atoms with E-state index in [1.165, 1.54) is 0 Å². The quantitative estimate of drug-likeness (QED) is 0.653. The molecule has 3 N–H and O–H groups in total. The van der Waals surface area contributed by atoms with E-state index >= 15 is 0 Å². The number of urea groups is 1. The van der Waals surface area contributed by atoms with Crippen molar-refractivity contribution < 1.29 is 14.4 Å². The van der Waals surface area contributed by atoms with Crippen molar-refractivity contribution in [1.82, 2.24) is 10.2 Å². The number of anilines is 2. The summed E-state index contributed by atoms with van der Waals surface area (Å²) in [6.45, 7) is 4.97. The van der Waals surface area contributed by atoms with Crippen molar-refractivity contribution in [3.8, 4) is 0 Å². The van der Waals surface area contributed by atoms with E-state index in [0.29, 0.717) is 16.9 Å². The Morgan fingerprint density at radius 3 is 2.52 bits per heavy atom. The Morgan fingerprint density at radius 1 is 1.03 bits per heavy atom. The average Bonchev–Trinajstić information content (AvgIpc) is 2.75. The fourth-order valence-electron chi connectivity index (χ4n) is 3.70. The van der Waals surface area contributed by atoms with Gasteiger partial charge in [-0.25, -0.2) is 4.79 Å². The number of rotatable bonds is 6. The molecular weight excluding hydrogens is 392 g/mol. The van der Waals surface area contributed by atoms with Crippen LogP contribution in [0.15, 0.2) is 48.5 Å². The SMILES string of the molecule is Cc1cc(C(=O)N2CCCCC2C)ccc1NC(=O)CCNC(=O)Nc1ccccc1. The van der Waals surface area contributed by atoms with Crippen LogP contribution >= 0.6 is 0 Å². The number of likely N-dealkylation sites (tertiary alicyclic amines) is 1. The molecule has 1 heterocycles. The highest BCUT2D eigenvalue weighted by Gasteiger charge is 2.24. The molecule has 164 valence electrons. The Bertz CT molecular complexity index is 930. The zero-order valence-corrected chi connectivity index (χ0v) is 18.1. The minimum atomic E-state index is -0.356. The number of carbonyl (C=O) groups is 3. The standard InChI is InChI=1S/C24H30N4O3/c1-17-16-19(23(30)28-15-7-6-8-18(28)2)11-12-21(17)27-22(29)13-14-25-24(31)26-20-9-4-3-5-10-20/h3-5,9-12,16,18H,6-8,13-15H2,1-2H3,(H,27,29)(H2,25,26,31). The van der Waals surface area contributed by atoms with Gasteiger partial charge in [0.1, 0.15) is 0 Å². The van der Waals surface area contributed by atoms with E-state index < -0.39 is 0 Å². The number of benzene rings is 2. The van der Waals surface area contributed by atoms with Gasteiger partial charge in [-0.15, -0.1) is 0 Å². The Kier molecular flexibility index (Phi) is 7.65. The van der Waals surface area contributed by atoms with Crippen molar-refractivity contribution in [3.05, 3.63) is 59.7 Å². The first-order chi connectivity index (χ1) is 14.9. The number of nitrogens with one attached hydrogen (secondary N) is 3. The number of carbonyl (C=O) groups excluding carboxylic acids is 3. The maximum Gasteiger partial charge on any atom is 0.319 e. The number of aryl methyl sites for hydroxylation is 1. The molecule has 1 aliphatic rings. The fourth-order valence-corrected chi connectivity index (χ4v) is 3.70. The highest BCUT2D eigenvalue weighted by atomic mass is 16.2. The van der Waals surface area contributed by atoms with Crippen molar-refractivity contribution in [1.29, 1.82) is 0 Å². The van der Waals surface area contributed by atoms with Gasteiger partial charge in [0.15, 0.2) is 0 Å². The highest BCUT2D eigenvalue weighted by molar-refractivity contribution is 5.97. The number of para-hydroxylation sites is 1. The summed E-state index contributed by atoms with van der Waals surface area (Å²) in [5, 5.41) is 8.22. The van der Waals surface area contributed by atoms with Crippen molar-refractivity contribution in [2.75, 3.05) is 23.7 Å². The molecule has 31 heavy (non-hydrogen) atoms. The zero-order valence-electron chi connectivity index (χ0n) is 18.1. The summed E-state index contributed by atoms with van der Waals surface area (Å²) in [6.07, 6.45) is 3.39. The average molecular weight is 423 g/mol. The number of nitrogens with zero attached hydrogens (tertiary/aromatic N) is 1. The Morgan fingerprint density at radius 2 is 1.81 bits per heavy atom. The van der Waals surface area contributed by atoms with Gasteiger partial charge in [-0.05, 0) is 69.0 Å². The number of hydrogen-bond donors (Lipinski definition) is 3. The van der Waals surface area contributed by atoms with E-state index in [4.69, 9.17) is 0 Å². The van der Waals surface area contributed by atoms with E-state index in [-0.39, 0.29) is 36.9 Å². The van der Waals surface area contributed by atoms with Crippen LogP contribution in [-0.4, -0.2) is 41.9 Å². The molecule has 7 nitrogen and oxygen atoms in total. The number of hydrogen-bond acceptors (Lipinski definition) is 3. The van der Waals surface area contributed by atoms with Crippen LogP contribution in [0.25, 0.3) is 0 Å². The molecule has 0 aromatic heterocycles. The number of piperidine rings is 1. The molecule has 7 heteroatoms. The lowest BCUT2D eigenvalue weighted by molar-refractivity contribution is -0.116. The maximum atomic E-state index is 12.8. The third-order valence-electron chi connectivity index (χ3n) is 5.48. The molecule has 0 saturated carbocycles. The normalized spacial score (nSPS) is 15.8. The molecule has 0 bridgehead atoms. The van der Waals surface area contributed by atoms with Gasteiger partial charge < -0.3 is 20.9 Å². The van der Waals surface area contributed by atoms with Gasteiger partial charge in [-0.1, -0.05) is 18.2 Å². The molecule has 1 fully saturated rings. The molecule has 4 amide bonds. The molecule has 1 unspecified atom stereocenters. The summed E-state index contributed by atoms with van der Waals surface area (Å²) < 4.78 is 0. The van der Waals surface area contributed by atoms with Gasteiger partial charge in [-0.2, -0.15) is 0 Å². The minimum Gasteiger partial charge on any atom is -0.337 e. The van der Waals surface area contributed by atoms with Crippen LogP contribution in [0.2, 0.25) is 0 Å². The summed E-state index contributed by atoms with van der Waals surface area (Å²) in [5.74, 6) is -0.159. The number of amides is 4. The monoisotopic (exact) mass is 422 g/mol. The summed E-state index contributed by atoms with van der Waals surface area (Å²) in [5.41, 5.74) is 2.83. The lowest BCUT2D eigenvalue weighted by Crippen LogP contribution is -2.42. The Balaban J connectivity index is 1.47. The third kappa shape index (κ3) is 6.31. The molecule has 3 rings (SSSR count). The van der Waals surface area contributed by atoms with Crippen molar-refractivity contribution in [2.24, 2.45) is 0 Å². The van der Waals surface area contributed by atoms with Crippen LogP contribution < -0.4 is 16.0 Å². The second kappa shape index (κ2) is 10.6. The van der Waals surface area contributed by atoms with E-state index in [1.807, 2.05) is 36.1 Å². The highest BCUT2D eigenvalue weighted by Crippen LogP contribution is 2.22. The summed E-state index contributed by atoms with van der Waals surface area (Å²) in [6, 6.07) is 14.4. The molecule has 0 radical (unpaired) electrons. The Hall–Kier alpha value is -3.35. The minimum absolute atomic E-state index is 0.0433. The second-order valence-corrected chi connectivity index (χ2v) is 7.92. The molecule has 1 saturated heterocycles. The van der Waals surface area contributed by atoms with Crippen LogP contribution in [-0.2, 0) is 4.79 Å². The van der Waals surface area contributed by atoms with Gasteiger partial charge in [0, 0.05) is 42.5 Å². The first kappa shape index (κ1) is 22.3. The molecule has 1 aliphatic heterocycles. The van der Waals surface area contributed by atoms with Crippen LogP contribution in [0.1, 0.15) is 48.5 Å². The van der Waals surface area contributed by atoms with E-state index in [0.717, 1.165) is 31.4 Å². The lowest BCUT2D eigenvalue weighted by Gasteiger charge is -2.33. The largest absolute Gasteiger partial charge is 0.337 e. The van der Waals surface area contributed by atoms with Crippen molar-refractivity contribution >= 4 is 29.2 Å². The first-order valence-electron chi connectivity index (χ1n) is 10.8. The molecule has 1 atom stereocenters. The fraction of sp³-hybridized carbons (Fsp3) is 0.375. The van der Waals surface area contributed by atoms with Gasteiger partial charge in [-0.3, -0.25) is 9.59 Å². The smallest absolute Gasteiger partial charge is 0.319 e. The zero-order chi connectivity index (χ0) is 22.2. The molecule has 2 aromatic carbocycles. The summed E-state index contributed by atoms with van der Waals surface area (Å²) in [7, 11) is 0. The maximum absolute atomic E-state index is 12.8. The van der Waals surface area contributed by atoms with Crippen LogP contribution in [0.5, 0.6) is 0 Å². The topological polar surface area (TPSA) is 90.5 Å². The van der Waals surface area contributed by atoms with E-state index in [9.17, 15) is 14.4 Å². The van der Waals surface area contributed by atoms with Gasteiger partial charge >= 0.3 is 6.03 Å². The van der Waals surface area contributed by atoms with Crippen LogP contribution in [0.4, 0.5) is 16.2 Å². The molecular formula is C24H30N4O3. The molecule has 2 aromatic rings. The predicted octanol–water partition coefficient (Wildman–Crippen LogP) is 4.16. The molecule has 0 aliphatic carbocycles. The van der Waals surface area contributed by atoms with Crippen LogP contribution in [0.3, 0.4) is 0 Å². The summed E-state index contributed by atoms with van der Waals surface area (Å²) >= 11 is 0.